The zero-order valence-electron chi connectivity index (χ0n) is 11.2. The van der Waals surface area contributed by atoms with Gasteiger partial charge in [-0.05, 0) is 37.6 Å². The smallest absolute Gasteiger partial charge is 0.271 e. The Bertz CT molecular complexity index is 735. The van der Waals surface area contributed by atoms with E-state index in [0.717, 1.165) is 16.8 Å². The van der Waals surface area contributed by atoms with Crippen LogP contribution in [0.25, 0.3) is 0 Å². The van der Waals surface area contributed by atoms with Crippen molar-refractivity contribution in [2.45, 2.75) is 25.5 Å². The highest BCUT2D eigenvalue weighted by Gasteiger charge is 2.13. The van der Waals surface area contributed by atoms with E-state index in [0.29, 0.717) is 12.3 Å². The van der Waals surface area contributed by atoms with Crippen LogP contribution in [0.3, 0.4) is 0 Å². The molecule has 20 heavy (non-hydrogen) atoms. The Morgan fingerprint density at radius 3 is 2.55 bits per heavy atom. The number of nitrogens with two attached hydrogens (primary N) is 1. The number of benzene rings is 1. The summed E-state index contributed by atoms with van der Waals surface area (Å²) in [5, 5.41) is 17.6. The number of sulfonamides is 1. The van der Waals surface area contributed by atoms with E-state index in [-0.39, 0.29) is 10.8 Å². The average molecular weight is 296 g/mol. The number of primary sulfonamides is 1. The second kappa shape index (κ2) is 5.18. The summed E-state index contributed by atoms with van der Waals surface area (Å²) >= 11 is 0. The number of hydrogen-bond donors (Lipinski definition) is 3. The fourth-order valence-electron chi connectivity index (χ4n) is 1.82. The molecule has 0 atom stereocenters. The molecule has 0 aliphatic rings. The molecule has 1 heterocycles. The van der Waals surface area contributed by atoms with E-state index in [4.69, 9.17) is 9.56 Å². The first-order chi connectivity index (χ1) is 9.29. The molecule has 0 aliphatic carbocycles. The molecule has 108 valence electrons. The molecule has 0 unspecified atom stereocenters. The van der Waals surface area contributed by atoms with Gasteiger partial charge in [0.05, 0.1) is 6.54 Å². The summed E-state index contributed by atoms with van der Waals surface area (Å²) < 4.78 is 27.3. The molecule has 0 saturated heterocycles. The van der Waals surface area contributed by atoms with E-state index >= 15 is 0 Å². The van der Waals surface area contributed by atoms with E-state index in [9.17, 15) is 13.5 Å². The van der Waals surface area contributed by atoms with Crippen LogP contribution in [-0.2, 0) is 16.6 Å². The molecular formula is C13H16N2O4S. The van der Waals surface area contributed by atoms with Crippen LogP contribution in [0.4, 0.5) is 5.69 Å². The number of hydrogen-bond acceptors (Lipinski definition) is 5. The summed E-state index contributed by atoms with van der Waals surface area (Å²) in [6, 6.07) is 6.48. The number of phenols is 1. The van der Waals surface area contributed by atoms with Crippen molar-refractivity contribution < 1.29 is 17.9 Å². The van der Waals surface area contributed by atoms with Crippen molar-refractivity contribution in [3.63, 3.8) is 0 Å². The van der Waals surface area contributed by atoms with E-state index in [2.05, 4.69) is 5.32 Å². The lowest BCUT2D eigenvalue weighted by molar-refractivity contribution is 0.419. The van der Waals surface area contributed by atoms with Crippen molar-refractivity contribution in [1.29, 1.82) is 0 Å². The first kappa shape index (κ1) is 14.4. The number of furan rings is 1. The largest absolute Gasteiger partial charge is 0.507 e. The summed E-state index contributed by atoms with van der Waals surface area (Å²) in [5.41, 5.74) is 2.27. The van der Waals surface area contributed by atoms with Gasteiger partial charge in [-0.1, -0.05) is 6.07 Å². The van der Waals surface area contributed by atoms with Gasteiger partial charge in [0.2, 0.25) is 5.09 Å². The Morgan fingerprint density at radius 2 is 1.95 bits per heavy atom. The minimum Gasteiger partial charge on any atom is -0.507 e. The minimum atomic E-state index is -3.82. The molecule has 6 nitrogen and oxygen atoms in total. The quantitative estimate of drug-likeness (QED) is 0.798. The van der Waals surface area contributed by atoms with E-state index in [1.54, 1.807) is 13.0 Å². The van der Waals surface area contributed by atoms with E-state index < -0.39 is 10.0 Å². The third-order valence-electron chi connectivity index (χ3n) is 3.00. The van der Waals surface area contributed by atoms with Crippen molar-refractivity contribution in [2.24, 2.45) is 5.14 Å². The van der Waals surface area contributed by atoms with Crippen LogP contribution < -0.4 is 10.5 Å². The average Bonchev–Trinajstić information content (AvgIpc) is 2.84. The standard InChI is InChI=1S/C13H16N2O4S/c1-8-3-5-11(9(2)13(8)16)15-7-10-4-6-12(19-10)20(14,17)18/h3-6,15-16H,7H2,1-2H3,(H2,14,17,18). The predicted molar refractivity (Wildman–Crippen MR) is 75.0 cm³/mol. The lowest BCUT2D eigenvalue weighted by atomic mass is 10.1. The number of phenolic OH excluding ortho intramolecular Hbond substituents is 1. The van der Waals surface area contributed by atoms with Gasteiger partial charge in [0.15, 0.2) is 0 Å². The Morgan fingerprint density at radius 1 is 1.25 bits per heavy atom. The normalized spacial score (nSPS) is 11.6. The molecule has 0 saturated carbocycles. The number of rotatable bonds is 4. The molecule has 0 amide bonds. The molecule has 0 aliphatic heterocycles. The molecule has 1 aromatic carbocycles. The molecule has 1 aromatic heterocycles. The van der Waals surface area contributed by atoms with E-state index in [1.165, 1.54) is 12.1 Å². The lowest BCUT2D eigenvalue weighted by Crippen LogP contribution is -2.10. The second-order valence-corrected chi connectivity index (χ2v) is 6.02. The minimum absolute atomic E-state index is 0.236. The molecule has 0 bridgehead atoms. The third-order valence-corrected chi connectivity index (χ3v) is 3.78. The van der Waals surface area contributed by atoms with Gasteiger partial charge in [-0.3, -0.25) is 0 Å². The Labute approximate surface area is 117 Å². The highest BCUT2D eigenvalue weighted by atomic mass is 32.2. The maximum atomic E-state index is 11.1. The van der Waals surface area contributed by atoms with Crippen molar-refractivity contribution in [3.8, 4) is 5.75 Å². The molecule has 2 rings (SSSR count). The monoisotopic (exact) mass is 296 g/mol. The van der Waals surface area contributed by atoms with Crippen molar-refractivity contribution >= 4 is 15.7 Å². The van der Waals surface area contributed by atoms with Crippen LogP contribution in [0.1, 0.15) is 16.9 Å². The number of nitrogens with one attached hydrogen (secondary N) is 1. The van der Waals surface area contributed by atoms with Gasteiger partial charge in [-0.15, -0.1) is 0 Å². The van der Waals surface area contributed by atoms with Crippen molar-refractivity contribution in [1.82, 2.24) is 0 Å². The number of anilines is 1. The summed E-state index contributed by atoms with van der Waals surface area (Å²) in [6.07, 6.45) is 0. The predicted octanol–water partition coefficient (Wildman–Crippen LogP) is 1.86. The fourth-order valence-corrected chi connectivity index (χ4v) is 2.30. The highest BCUT2D eigenvalue weighted by Crippen LogP contribution is 2.28. The topological polar surface area (TPSA) is 106 Å². The summed E-state index contributed by atoms with van der Waals surface area (Å²) in [5.74, 6) is 0.674. The van der Waals surface area contributed by atoms with Gasteiger partial charge in [-0.25, -0.2) is 13.6 Å². The molecule has 4 N–H and O–H groups in total. The zero-order valence-corrected chi connectivity index (χ0v) is 12.0. The van der Waals surface area contributed by atoms with Crippen LogP contribution >= 0.6 is 0 Å². The SMILES string of the molecule is Cc1ccc(NCc2ccc(S(N)(=O)=O)o2)c(C)c1O. The maximum absolute atomic E-state index is 11.1. The van der Waals surface area contributed by atoms with Gasteiger partial charge in [0.1, 0.15) is 11.5 Å². The molecule has 0 fully saturated rings. The van der Waals surface area contributed by atoms with Crippen LogP contribution in [0.15, 0.2) is 33.8 Å². The Kier molecular flexibility index (Phi) is 3.74. The maximum Gasteiger partial charge on any atom is 0.271 e. The first-order valence-electron chi connectivity index (χ1n) is 5.93. The second-order valence-electron chi connectivity index (χ2n) is 4.52. The zero-order chi connectivity index (χ0) is 14.9. The summed E-state index contributed by atoms with van der Waals surface area (Å²) in [4.78, 5) is 0. The van der Waals surface area contributed by atoms with Gasteiger partial charge in [0, 0.05) is 11.3 Å². The van der Waals surface area contributed by atoms with Crippen molar-refractivity contribution in [2.75, 3.05) is 5.32 Å². The fraction of sp³-hybridized carbons (Fsp3) is 0.231. The number of aryl methyl sites for hydroxylation is 1. The lowest BCUT2D eigenvalue weighted by Gasteiger charge is -2.11. The molecular weight excluding hydrogens is 280 g/mol. The molecule has 2 aromatic rings. The van der Waals surface area contributed by atoms with Crippen LogP contribution in [-0.4, -0.2) is 13.5 Å². The van der Waals surface area contributed by atoms with E-state index in [1.807, 2.05) is 13.0 Å². The Balaban J connectivity index is 2.14. The Hall–Kier alpha value is -1.99. The number of aromatic hydroxyl groups is 1. The summed E-state index contributed by atoms with van der Waals surface area (Å²) in [6.45, 7) is 3.90. The molecule has 7 heteroatoms. The van der Waals surface area contributed by atoms with Crippen LogP contribution in [0, 0.1) is 13.8 Å². The third kappa shape index (κ3) is 2.94. The van der Waals surface area contributed by atoms with Gasteiger partial charge in [-0.2, -0.15) is 0 Å². The van der Waals surface area contributed by atoms with Crippen LogP contribution in [0.2, 0.25) is 0 Å². The van der Waals surface area contributed by atoms with Gasteiger partial charge < -0.3 is 14.8 Å². The van der Waals surface area contributed by atoms with Gasteiger partial charge in [0.25, 0.3) is 10.0 Å². The first-order valence-corrected chi connectivity index (χ1v) is 7.48. The summed E-state index contributed by atoms with van der Waals surface area (Å²) in [7, 11) is -3.82. The highest BCUT2D eigenvalue weighted by molar-refractivity contribution is 7.89. The molecule has 0 spiro atoms. The van der Waals surface area contributed by atoms with Crippen LogP contribution in [0.5, 0.6) is 5.75 Å². The molecule has 0 radical (unpaired) electrons. The van der Waals surface area contributed by atoms with Crippen molar-refractivity contribution in [3.05, 3.63) is 41.2 Å². The van der Waals surface area contributed by atoms with Gasteiger partial charge >= 0.3 is 0 Å².